The lowest BCUT2D eigenvalue weighted by Crippen LogP contribution is -2.15. The zero-order chi connectivity index (χ0) is 12.2. The van der Waals surface area contributed by atoms with E-state index in [0.717, 1.165) is 19.0 Å². The van der Waals surface area contributed by atoms with Crippen LogP contribution in [0.15, 0.2) is 48.8 Å². The van der Waals surface area contributed by atoms with E-state index >= 15 is 0 Å². The largest absolute Gasteiger partial charge is 0.310 e. The second-order valence-electron chi connectivity index (χ2n) is 5.01. The summed E-state index contributed by atoms with van der Waals surface area (Å²) >= 11 is 0. The summed E-state index contributed by atoms with van der Waals surface area (Å²) in [6.07, 6.45) is 7.41. The molecule has 1 N–H and O–H groups in total. The average molecular weight is 238 g/mol. The Balaban J connectivity index is 1.66. The Morgan fingerprint density at radius 2 is 1.89 bits per heavy atom. The van der Waals surface area contributed by atoms with Crippen molar-refractivity contribution in [2.24, 2.45) is 0 Å². The average Bonchev–Trinajstić information content (AvgIpc) is 3.22. The van der Waals surface area contributed by atoms with E-state index < -0.39 is 0 Å². The van der Waals surface area contributed by atoms with Gasteiger partial charge in [0.25, 0.3) is 0 Å². The van der Waals surface area contributed by atoms with Gasteiger partial charge >= 0.3 is 0 Å². The summed E-state index contributed by atoms with van der Waals surface area (Å²) in [6, 6.07) is 13.7. The number of aromatic nitrogens is 1. The predicted molar refractivity (Wildman–Crippen MR) is 73.3 cm³/mol. The molecule has 3 rings (SSSR count). The topological polar surface area (TPSA) is 24.9 Å². The molecule has 2 heteroatoms. The van der Waals surface area contributed by atoms with Gasteiger partial charge in [0.2, 0.25) is 0 Å². The minimum atomic E-state index is 0.770. The maximum Gasteiger partial charge on any atom is 0.0303 e. The maximum atomic E-state index is 4.16. The third-order valence-corrected chi connectivity index (χ3v) is 3.29. The summed E-state index contributed by atoms with van der Waals surface area (Å²) in [6.45, 7) is 0.992. The predicted octanol–water partition coefficient (Wildman–Crippen LogP) is 2.92. The maximum absolute atomic E-state index is 4.16. The normalized spacial score (nSPS) is 14.7. The Labute approximate surface area is 108 Å². The molecule has 0 aliphatic heterocycles. The number of hydrogen-bond acceptors (Lipinski definition) is 2. The van der Waals surface area contributed by atoms with E-state index in [1.807, 2.05) is 18.5 Å². The number of nitrogens with one attached hydrogen (secondary N) is 1. The Morgan fingerprint density at radius 1 is 1.06 bits per heavy atom. The minimum absolute atomic E-state index is 0.770. The Bertz CT molecular complexity index is 504. The van der Waals surface area contributed by atoms with Crippen LogP contribution in [-0.4, -0.2) is 11.0 Å². The smallest absolute Gasteiger partial charge is 0.0303 e. The molecule has 0 radical (unpaired) electrons. The summed E-state index contributed by atoms with van der Waals surface area (Å²) in [5, 5.41) is 3.55. The van der Waals surface area contributed by atoms with Crippen LogP contribution in [0.2, 0.25) is 0 Å². The van der Waals surface area contributed by atoms with Gasteiger partial charge in [-0.05, 0) is 42.0 Å². The molecule has 1 fully saturated rings. The molecule has 0 spiro atoms. The summed E-state index contributed by atoms with van der Waals surface area (Å²) in [4.78, 5) is 4.16. The summed E-state index contributed by atoms with van der Waals surface area (Å²) < 4.78 is 0. The second kappa shape index (κ2) is 5.32. The first-order valence-corrected chi connectivity index (χ1v) is 6.60. The first kappa shape index (κ1) is 11.4. The van der Waals surface area contributed by atoms with Crippen molar-refractivity contribution in [2.45, 2.75) is 31.8 Å². The fraction of sp³-hybridized carbons (Fsp3) is 0.312. The molecule has 92 valence electrons. The van der Waals surface area contributed by atoms with E-state index in [4.69, 9.17) is 0 Å². The van der Waals surface area contributed by atoms with E-state index in [1.54, 1.807) is 0 Å². The molecular formula is C16H18N2. The molecule has 0 saturated heterocycles. The molecule has 0 unspecified atom stereocenters. The van der Waals surface area contributed by atoms with Crippen LogP contribution in [0, 0.1) is 0 Å². The monoisotopic (exact) mass is 238 g/mol. The van der Waals surface area contributed by atoms with Crippen LogP contribution in [0.3, 0.4) is 0 Å². The van der Waals surface area contributed by atoms with Crippen molar-refractivity contribution >= 4 is 0 Å². The van der Waals surface area contributed by atoms with Crippen LogP contribution >= 0.6 is 0 Å². The fourth-order valence-corrected chi connectivity index (χ4v) is 2.14. The van der Waals surface area contributed by atoms with Crippen LogP contribution in [0.1, 0.15) is 29.5 Å². The van der Waals surface area contributed by atoms with Gasteiger partial charge in [0.1, 0.15) is 0 Å². The number of hydrogen-bond donors (Lipinski definition) is 1. The molecule has 1 saturated carbocycles. The van der Waals surface area contributed by atoms with E-state index in [9.17, 15) is 0 Å². The van der Waals surface area contributed by atoms with Crippen LogP contribution < -0.4 is 5.32 Å². The highest BCUT2D eigenvalue weighted by atomic mass is 14.9. The summed E-state index contributed by atoms with van der Waals surface area (Å²) in [5.74, 6) is 0. The number of benzene rings is 1. The summed E-state index contributed by atoms with van der Waals surface area (Å²) in [5.41, 5.74) is 4.01. The van der Waals surface area contributed by atoms with Gasteiger partial charge in [0.15, 0.2) is 0 Å². The third kappa shape index (κ3) is 3.17. The minimum Gasteiger partial charge on any atom is -0.310 e. The van der Waals surface area contributed by atoms with Gasteiger partial charge in [-0.3, -0.25) is 4.98 Å². The van der Waals surface area contributed by atoms with Crippen molar-refractivity contribution < 1.29 is 0 Å². The zero-order valence-electron chi connectivity index (χ0n) is 10.5. The van der Waals surface area contributed by atoms with Crippen LogP contribution in [0.25, 0.3) is 0 Å². The fourth-order valence-electron chi connectivity index (χ4n) is 2.14. The van der Waals surface area contributed by atoms with Crippen molar-refractivity contribution in [1.82, 2.24) is 10.3 Å². The molecule has 1 aliphatic carbocycles. The van der Waals surface area contributed by atoms with E-state index in [2.05, 4.69) is 40.6 Å². The molecule has 2 aromatic rings. The highest BCUT2D eigenvalue weighted by Gasteiger charge is 2.19. The molecule has 0 amide bonds. The highest BCUT2D eigenvalue weighted by molar-refractivity contribution is 5.28. The van der Waals surface area contributed by atoms with Crippen LogP contribution in [0.4, 0.5) is 0 Å². The second-order valence-corrected chi connectivity index (χ2v) is 5.01. The van der Waals surface area contributed by atoms with E-state index in [0.29, 0.717) is 0 Å². The molecule has 1 aliphatic rings. The highest BCUT2D eigenvalue weighted by Crippen LogP contribution is 2.19. The van der Waals surface area contributed by atoms with Crippen LogP contribution in [-0.2, 0) is 13.0 Å². The van der Waals surface area contributed by atoms with Gasteiger partial charge in [0, 0.05) is 25.0 Å². The first-order chi connectivity index (χ1) is 8.90. The Hall–Kier alpha value is -1.67. The molecule has 0 bridgehead atoms. The molecule has 18 heavy (non-hydrogen) atoms. The number of nitrogens with zero attached hydrogens (tertiary/aromatic N) is 1. The number of rotatable bonds is 5. The van der Waals surface area contributed by atoms with Gasteiger partial charge < -0.3 is 5.32 Å². The molecule has 0 atom stereocenters. The molecule has 1 aromatic carbocycles. The first-order valence-electron chi connectivity index (χ1n) is 6.60. The standard InChI is InChI=1S/C16H18N2/c1-3-13(9-14-5-2-8-17-11-14)10-15(4-1)12-18-16-6-7-16/h1-5,8,10-11,16,18H,6-7,9,12H2. The summed E-state index contributed by atoms with van der Waals surface area (Å²) in [7, 11) is 0. The Morgan fingerprint density at radius 3 is 2.67 bits per heavy atom. The van der Waals surface area contributed by atoms with Crippen molar-refractivity contribution in [1.29, 1.82) is 0 Å². The lowest BCUT2D eigenvalue weighted by atomic mass is 10.0. The zero-order valence-corrected chi connectivity index (χ0v) is 10.5. The van der Waals surface area contributed by atoms with E-state index in [-0.39, 0.29) is 0 Å². The van der Waals surface area contributed by atoms with Gasteiger partial charge in [-0.2, -0.15) is 0 Å². The van der Waals surface area contributed by atoms with Crippen molar-refractivity contribution in [3.63, 3.8) is 0 Å². The molecule has 1 aromatic heterocycles. The molecule has 1 heterocycles. The lowest BCUT2D eigenvalue weighted by molar-refractivity contribution is 0.687. The molecule has 2 nitrogen and oxygen atoms in total. The van der Waals surface area contributed by atoms with Crippen molar-refractivity contribution in [2.75, 3.05) is 0 Å². The Kier molecular flexibility index (Phi) is 3.37. The van der Waals surface area contributed by atoms with E-state index in [1.165, 1.54) is 29.5 Å². The SMILES string of the molecule is c1cncc(Cc2cccc(CNC3CC3)c2)c1. The third-order valence-electron chi connectivity index (χ3n) is 3.29. The van der Waals surface area contributed by atoms with Gasteiger partial charge in [-0.25, -0.2) is 0 Å². The molecular weight excluding hydrogens is 220 g/mol. The van der Waals surface area contributed by atoms with Gasteiger partial charge in [-0.1, -0.05) is 30.3 Å². The van der Waals surface area contributed by atoms with Gasteiger partial charge in [0.05, 0.1) is 0 Å². The van der Waals surface area contributed by atoms with Crippen molar-refractivity contribution in [3.05, 3.63) is 65.5 Å². The number of pyridine rings is 1. The quantitative estimate of drug-likeness (QED) is 0.866. The van der Waals surface area contributed by atoms with Crippen molar-refractivity contribution in [3.8, 4) is 0 Å². The van der Waals surface area contributed by atoms with Crippen LogP contribution in [0.5, 0.6) is 0 Å². The van der Waals surface area contributed by atoms with Gasteiger partial charge in [-0.15, -0.1) is 0 Å². The lowest BCUT2D eigenvalue weighted by Gasteiger charge is -2.06.